The average Bonchev–Trinajstić information content (AvgIpc) is 2.62. The molecule has 9 heteroatoms. The molecule has 0 fully saturated rings. The third kappa shape index (κ3) is 46.0. The quantitative estimate of drug-likeness (QED) is 0.546. The van der Waals surface area contributed by atoms with Crippen molar-refractivity contribution in [3.63, 3.8) is 0 Å². The van der Waals surface area contributed by atoms with Crippen LogP contribution in [0.3, 0.4) is 0 Å². The van der Waals surface area contributed by atoms with Gasteiger partial charge < -0.3 is 0 Å². The van der Waals surface area contributed by atoms with Crippen molar-refractivity contribution >= 4 is 4.57 Å². The van der Waals surface area contributed by atoms with Gasteiger partial charge in [0.1, 0.15) is 0 Å². The van der Waals surface area contributed by atoms with Crippen molar-refractivity contribution in [2.45, 2.75) is 12.8 Å². The molecule has 0 unspecified atom stereocenters. The normalized spacial score (nSPS) is 5.05. The Balaban J connectivity index is -0.0000000474. The van der Waals surface area contributed by atoms with Crippen LogP contribution >= 0.6 is 0 Å². The monoisotopic (exact) mass is 328 g/mol. The van der Waals surface area contributed by atoms with Crippen LogP contribution in [0.1, 0.15) is 12.8 Å². The zero-order valence-electron chi connectivity index (χ0n) is 10.7. The fraction of sp³-hybridized carbons (Fsp3) is 0.333. The summed E-state index contributed by atoms with van der Waals surface area (Å²) in [4.78, 5) is 0. The number of ether oxygens (including phenoxy) is 1. The van der Waals surface area contributed by atoms with Crippen molar-refractivity contribution in [2.75, 3.05) is 7.11 Å². The molecule has 0 aromatic carbocycles. The van der Waals surface area contributed by atoms with Crippen LogP contribution in [-0.2, 0) is 43.8 Å². The molecule has 21 heavy (non-hydrogen) atoms. The van der Waals surface area contributed by atoms with Gasteiger partial charge in [0, 0.05) is 0 Å². The zero-order chi connectivity index (χ0) is 18.7. The van der Waals surface area contributed by atoms with E-state index in [0.717, 1.165) is 0 Å². The molecule has 0 aliphatic rings. The number of nitriles is 2. The summed E-state index contributed by atoms with van der Waals surface area (Å²) in [6.07, 6.45) is 0.646. The molecule has 0 aliphatic heterocycles. The molecule has 0 amide bonds. The first-order chi connectivity index (χ1) is 10.3. The maximum atomic E-state index is 8.37. The molecule has 0 heterocycles. The van der Waals surface area contributed by atoms with Crippen LogP contribution in [0.5, 0.6) is 0 Å². The average molecular weight is 328 g/mol. The van der Waals surface area contributed by atoms with E-state index in [2.05, 4.69) is 49.1 Å². The van der Waals surface area contributed by atoms with Crippen LogP contribution in [0.4, 0.5) is 0 Å². The van der Waals surface area contributed by atoms with Gasteiger partial charge in [0.05, 0.1) is 0 Å². The van der Waals surface area contributed by atoms with Gasteiger partial charge in [-0.2, -0.15) is 0 Å². The van der Waals surface area contributed by atoms with E-state index >= 15 is 0 Å². The van der Waals surface area contributed by atoms with E-state index in [9.17, 15) is 0 Å². The predicted molar refractivity (Wildman–Crippen MR) is 55.6 cm³/mol. The van der Waals surface area contributed by atoms with Crippen molar-refractivity contribution in [1.29, 1.82) is 10.5 Å². The fourth-order valence-corrected chi connectivity index (χ4v) is 0.886. The van der Waals surface area contributed by atoms with E-state index in [1.54, 1.807) is 0 Å². The van der Waals surface area contributed by atoms with Crippen molar-refractivity contribution in [2.24, 2.45) is 5.92 Å². The molecule has 0 saturated carbocycles. The molecule has 0 rings (SSSR count). The van der Waals surface area contributed by atoms with Crippen LogP contribution in [-0.4, -0.2) is 11.7 Å². The van der Waals surface area contributed by atoms with Gasteiger partial charge in [-0.15, -0.1) is 0 Å². The van der Waals surface area contributed by atoms with Gasteiger partial charge in [-0.05, 0) is 0 Å². The summed E-state index contributed by atoms with van der Waals surface area (Å²) < 4.78 is 43.0. The predicted octanol–water partition coefficient (Wildman–Crippen LogP) is 0.566. The van der Waals surface area contributed by atoms with Crippen LogP contribution in [0.25, 0.3) is 0 Å². The van der Waals surface area contributed by atoms with E-state index < -0.39 is 0 Å². The van der Waals surface area contributed by atoms with Gasteiger partial charge in [0.15, 0.2) is 0 Å². The molecule has 108 valence electrons. The molecule has 0 radical (unpaired) electrons. The van der Waals surface area contributed by atoms with Crippen molar-refractivity contribution < 1.29 is 43.8 Å². The molecule has 0 aromatic rings. The first-order valence-electron chi connectivity index (χ1n) is 4.10. The first-order valence-corrected chi connectivity index (χ1v) is 4.73. The first kappa shape index (κ1) is 36.4. The molecular weight excluding hydrogens is 320 g/mol. The third-order valence-electron chi connectivity index (χ3n) is 1.21. The number of hydrogen-bond acceptors (Lipinski definition) is 3. The number of hydrogen-bond donors (Lipinski definition) is 0. The molecule has 8 nitrogen and oxygen atoms in total. The molecule has 0 saturated heterocycles. The summed E-state index contributed by atoms with van der Waals surface area (Å²) in [7, 11) is 1.52. The van der Waals surface area contributed by atoms with Crippen LogP contribution in [0, 0.1) is 61.8 Å². The minimum atomic E-state index is -0.0880. The van der Waals surface area contributed by atoms with E-state index in [1.807, 2.05) is 12.1 Å². The zero-order valence-corrected chi connectivity index (χ0v) is 12.0. The molecule has 0 N–H and O–H groups in total. The summed E-state index contributed by atoms with van der Waals surface area (Å²) in [5, 5.41) is 16.7. The SMILES string of the molecule is CO[C](=[Cr])C(CC#N)CC#N.[C-]#[O+].[C-]#[O+].[C-]#[O+].[C-]#[O+].[C-]#[O+]. The number of rotatable bonds is 4. The Morgan fingerprint density at radius 1 is 0.905 bits per heavy atom. The fourth-order valence-electron chi connectivity index (χ4n) is 0.626. The molecule has 0 aliphatic carbocycles. The second kappa shape index (κ2) is 64.1. The maximum absolute atomic E-state index is 8.37. The van der Waals surface area contributed by atoms with Gasteiger partial charge in [0.2, 0.25) is 0 Å². The van der Waals surface area contributed by atoms with Gasteiger partial charge in [0.25, 0.3) is 0 Å². The summed E-state index contributed by atoms with van der Waals surface area (Å²) in [5.74, 6) is -0.0880. The Kier molecular flexibility index (Phi) is 111. The number of nitrogens with zero attached hydrogens (tertiary/aromatic N) is 2. The molecule has 0 spiro atoms. The van der Waals surface area contributed by atoms with E-state index in [0.29, 0.717) is 17.4 Å². The van der Waals surface area contributed by atoms with Crippen molar-refractivity contribution in [3.8, 4) is 12.1 Å². The Morgan fingerprint density at radius 3 is 1.29 bits per heavy atom. The second-order valence-corrected chi connectivity index (χ2v) is 2.57. The summed E-state index contributed by atoms with van der Waals surface area (Å²) in [6, 6.07) is 3.99. The topological polar surface area (TPSA) is 156 Å². The third-order valence-corrected chi connectivity index (χ3v) is 1.99. The molecule has 0 atom stereocenters. The molecule has 0 bridgehead atoms. The van der Waals surface area contributed by atoms with Crippen LogP contribution < -0.4 is 0 Å². The van der Waals surface area contributed by atoms with Gasteiger partial charge in [-0.3, -0.25) is 0 Å². The van der Waals surface area contributed by atoms with Crippen LogP contribution in [0.2, 0.25) is 0 Å². The minimum absolute atomic E-state index is 0.0880. The Hall–Kier alpha value is -1.96. The summed E-state index contributed by atoms with van der Waals surface area (Å²) in [6.45, 7) is 22.5. The summed E-state index contributed by atoms with van der Waals surface area (Å²) >= 11 is 2.69. The van der Waals surface area contributed by atoms with Crippen molar-refractivity contribution in [3.05, 3.63) is 33.3 Å². The Labute approximate surface area is 130 Å². The van der Waals surface area contributed by atoms with Gasteiger partial charge >= 0.3 is 130 Å². The molecular formula is C12H8CrN2O6. The van der Waals surface area contributed by atoms with Gasteiger partial charge in [-0.25, -0.2) is 0 Å². The standard InChI is InChI=1S/C7H8N2O.5CO.Cr/c1-10-6-7(2-4-8)3-5-9;5*1-2;/h7H,2-3H2,1H3;;;;;;. The van der Waals surface area contributed by atoms with Crippen molar-refractivity contribution in [1.82, 2.24) is 0 Å². The van der Waals surface area contributed by atoms with Crippen LogP contribution in [0.15, 0.2) is 0 Å². The van der Waals surface area contributed by atoms with E-state index in [1.165, 1.54) is 7.11 Å². The Morgan fingerprint density at radius 2 is 1.14 bits per heavy atom. The second-order valence-electron chi connectivity index (χ2n) is 1.94. The van der Waals surface area contributed by atoms with Gasteiger partial charge in [-0.1, -0.05) is 0 Å². The number of methoxy groups -OCH3 is 1. The molecule has 0 aromatic heterocycles. The summed E-state index contributed by atoms with van der Waals surface area (Å²) in [5.41, 5.74) is 0. The van der Waals surface area contributed by atoms with E-state index in [4.69, 9.17) is 38.5 Å². The Bertz CT molecular complexity index is 346. The van der Waals surface area contributed by atoms with E-state index in [-0.39, 0.29) is 5.92 Å².